The summed E-state index contributed by atoms with van der Waals surface area (Å²) >= 11 is 0. The largest absolute Gasteiger partial charge is 0.502 e. The molecule has 0 unspecified atom stereocenters. The molecule has 0 saturated heterocycles. The van der Waals surface area contributed by atoms with Crippen molar-refractivity contribution in [2.45, 2.75) is 26.2 Å². The van der Waals surface area contributed by atoms with Gasteiger partial charge < -0.3 is 19.7 Å². The number of rotatable bonds is 6. The van der Waals surface area contributed by atoms with Crippen molar-refractivity contribution < 1.29 is 29.5 Å². The van der Waals surface area contributed by atoms with Gasteiger partial charge in [-0.3, -0.25) is 20.2 Å². The molecule has 0 atom stereocenters. The van der Waals surface area contributed by atoms with Crippen LogP contribution in [0, 0.1) is 20.2 Å². The van der Waals surface area contributed by atoms with E-state index in [4.69, 9.17) is 9.47 Å². The van der Waals surface area contributed by atoms with E-state index in [0.717, 1.165) is 29.8 Å². The third-order valence-corrected chi connectivity index (χ3v) is 4.55. The van der Waals surface area contributed by atoms with Gasteiger partial charge in [0.25, 0.3) is 0 Å². The highest BCUT2D eigenvalue weighted by atomic mass is 16.6. The van der Waals surface area contributed by atoms with Gasteiger partial charge in [-0.15, -0.1) is 0 Å². The molecule has 0 saturated carbocycles. The monoisotopic (exact) mass is 440 g/mol. The average Bonchev–Trinajstić information content (AvgIpc) is 2.68. The van der Waals surface area contributed by atoms with Gasteiger partial charge >= 0.3 is 11.4 Å². The van der Waals surface area contributed by atoms with E-state index in [1.807, 2.05) is 26.8 Å². The van der Waals surface area contributed by atoms with Gasteiger partial charge in [0.05, 0.1) is 9.85 Å². The van der Waals surface area contributed by atoms with Gasteiger partial charge in [0.2, 0.25) is 0 Å². The van der Waals surface area contributed by atoms with Crippen molar-refractivity contribution in [1.82, 2.24) is 0 Å². The first-order valence-electron chi connectivity index (χ1n) is 9.41. The fraction of sp³-hybridized carbons (Fsp3) is 0.182. The lowest BCUT2D eigenvalue weighted by atomic mass is 9.87. The molecule has 0 aliphatic heterocycles. The summed E-state index contributed by atoms with van der Waals surface area (Å²) in [4.78, 5) is 20.4. The Labute approximate surface area is 182 Å². The van der Waals surface area contributed by atoms with Crippen LogP contribution in [0.25, 0.3) is 0 Å². The van der Waals surface area contributed by atoms with E-state index < -0.39 is 32.7 Å². The van der Waals surface area contributed by atoms with Gasteiger partial charge in [0.15, 0.2) is 23.0 Å². The van der Waals surface area contributed by atoms with Crippen molar-refractivity contribution in [3.8, 4) is 34.5 Å². The maximum Gasteiger partial charge on any atom is 0.310 e. The maximum atomic E-state index is 10.9. The van der Waals surface area contributed by atoms with E-state index in [1.54, 1.807) is 12.1 Å². The Hall–Kier alpha value is -4.34. The van der Waals surface area contributed by atoms with Crippen LogP contribution in [0.2, 0.25) is 0 Å². The number of nitro benzene ring substituents is 2. The summed E-state index contributed by atoms with van der Waals surface area (Å²) in [7, 11) is 0. The normalized spacial score (nSPS) is 11.1. The molecule has 0 spiro atoms. The van der Waals surface area contributed by atoms with Crippen LogP contribution in [0.3, 0.4) is 0 Å². The lowest BCUT2D eigenvalue weighted by molar-refractivity contribution is -0.386. The zero-order chi connectivity index (χ0) is 23.6. The highest BCUT2D eigenvalue weighted by Crippen LogP contribution is 2.41. The highest BCUT2D eigenvalue weighted by molar-refractivity contribution is 5.55. The number of hydrogen-bond acceptors (Lipinski definition) is 8. The molecule has 10 heteroatoms. The Kier molecular flexibility index (Phi) is 5.88. The second-order valence-electron chi connectivity index (χ2n) is 7.93. The number of aromatic hydroxyl groups is 2. The Balaban J connectivity index is 2.00. The van der Waals surface area contributed by atoms with Gasteiger partial charge in [-0.1, -0.05) is 26.8 Å². The van der Waals surface area contributed by atoms with E-state index >= 15 is 0 Å². The van der Waals surface area contributed by atoms with Crippen LogP contribution in [0.1, 0.15) is 26.3 Å². The Bertz CT molecular complexity index is 1200. The first-order chi connectivity index (χ1) is 15.0. The minimum Gasteiger partial charge on any atom is -0.502 e. The quantitative estimate of drug-likeness (QED) is 0.361. The van der Waals surface area contributed by atoms with Gasteiger partial charge in [0, 0.05) is 24.3 Å². The third-order valence-electron chi connectivity index (χ3n) is 4.55. The molecule has 0 bridgehead atoms. The average molecular weight is 440 g/mol. The van der Waals surface area contributed by atoms with Crippen molar-refractivity contribution >= 4 is 11.4 Å². The molecule has 0 fully saturated rings. The second-order valence-corrected chi connectivity index (χ2v) is 7.93. The summed E-state index contributed by atoms with van der Waals surface area (Å²) in [5.41, 5.74) is -0.255. The molecular formula is C22H20N2O8. The van der Waals surface area contributed by atoms with Gasteiger partial charge in [-0.2, -0.15) is 0 Å². The van der Waals surface area contributed by atoms with Crippen LogP contribution in [-0.4, -0.2) is 20.1 Å². The van der Waals surface area contributed by atoms with Crippen LogP contribution in [0.5, 0.6) is 34.5 Å². The molecule has 0 amide bonds. The van der Waals surface area contributed by atoms with Crippen LogP contribution in [0.4, 0.5) is 11.4 Å². The summed E-state index contributed by atoms with van der Waals surface area (Å²) in [6.45, 7) is 6.00. The summed E-state index contributed by atoms with van der Waals surface area (Å²) < 4.78 is 11.6. The standard InChI is InChI=1S/C22H20N2O8/c1-22(2,3)13-4-9-20(31-14-5-7-16(23(27)28)18(25)11-14)21(10-13)32-15-6-8-17(24(29)30)19(26)12-15/h4-12,25-26H,1-3H3. The predicted molar refractivity (Wildman–Crippen MR) is 115 cm³/mol. The predicted octanol–water partition coefficient (Wildman–Crippen LogP) is 5.80. The molecule has 10 nitrogen and oxygen atoms in total. The highest BCUT2D eigenvalue weighted by Gasteiger charge is 2.20. The number of hydrogen-bond donors (Lipinski definition) is 2. The topological polar surface area (TPSA) is 145 Å². The fourth-order valence-corrected chi connectivity index (χ4v) is 2.83. The molecule has 3 rings (SSSR count). The van der Waals surface area contributed by atoms with Gasteiger partial charge in [0.1, 0.15) is 11.5 Å². The first-order valence-corrected chi connectivity index (χ1v) is 9.41. The van der Waals surface area contributed by atoms with Crippen LogP contribution >= 0.6 is 0 Å². The molecule has 0 aliphatic rings. The number of nitrogens with zero attached hydrogens (tertiary/aromatic N) is 2. The number of ether oxygens (including phenoxy) is 2. The van der Waals surface area contributed by atoms with Crippen LogP contribution < -0.4 is 9.47 Å². The number of benzene rings is 3. The summed E-state index contributed by atoms with van der Waals surface area (Å²) in [6, 6.07) is 12.3. The smallest absolute Gasteiger partial charge is 0.310 e. The lowest BCUT2D eigenvalue weighted by Gasteiger charge is -2.21. The first kappa shape index (κ1) is 22.3. The molecule has 3 aromatic carbocycles. The zero-order valence-electron chi connectivity index (χ0n) is 17.4. The van der Waals surface area contributed by atoms with Gasteiger partial charge in [-0.05, 0) is 35.2 Å². The van der Waals surface area contributed by atoms with Gasteiger partial charge in [-0.25, -0.2) is 0 Å². The lowest BCUT2D eigenvalue weighted by Crippen LogP contribution is -2.11. The second kappa shape index (κ2) is 8.42. The molecule has 3 aromatic rings. The third kappa shape index (κ3) is 4.86. The van der Waals surface area contributed by atoms with E-state index in [9.17, 15) is 30.4 Å². The SMILES string of the molecule is CC(C)(C)c1ccc(Oc2ccc([N+](=O)[O-])c(O)c2)c(Oc2ccc([N+](=O)[O-])c(O)c2)c1. The van der Waals surface area contributed by atoms with Crippen LogP contribution in [-0.2, 0) is 5.41 Å². The van der Waals surface area contributed by atoms with Crippen molar-refractivity contribution in [3.63, 3.8) is 0 Å². The fourth-order valence-electron chi connectivity index (χ4n) is 2.83. The summed E-state index contributed by atoms with van der Waals surface area (Å²) in [6.07, 6.45) is 0. The van der Waals surface area contributed by atoms with E-state index in [-0.39, 0.29) is 28.4 Å². The molecule has 0 aromatic heterocycles. The van der Waals surface area contributed by atoms with Crippen molar-refractivity contribution in [3.05, 3.63) is 80.4 Å². The van der Waals surface area contributed by atoms with Crippen molar-refractivity contribution in [2.24, 2.45) is 0 Å². The van der Waals surface area contributed by atoms with Crippen molar-refractivity contribution in [1.29, 1.82) is 0 Å². The van der Waals surface area contributed by atoms with Crippen molar-refractivity contribution in [2.75, 3.05) is 0 Å². The number of phenolic OH excluding ortho intramolecular Hbond substituents is 2. The maximum absolute atomic E-state index is 10.9. The Morgan fingerprint density at radius 3 is 1.59 bits per heavy atom. The molecule has 0 aliphatic carbocycles. The number of phenols is 2. The molecule has 166 valence electrons. The molecule has 0 heterocycles. The summed E-state index contributed by atoms with van der Waals surface area (Å²) in [5, 5.41) is 41.6. The minimum atomic E-state index is -0.715. The van der Waals surface area contributed by atoms with E-state index in [0.29, 0.717) is 0 Å². The molecule has 0 radical (unpaired) electrons. The zero-order valence-corrected chi connectivity index (χ0v) is 17.4. The van der Waals surface area contributed by atoms with E-state index in [1.165, 1.54) is 12.1 Å². The molecular weight excluding hydrogens is 420 g/mol. The summed E-state index contributed by atoms with van der Waals surface area (Å²) in [5.74, 6) is -0.375. The molecule has 32 heavy (non-hydrogen) atoms. The Morgan fingerprint density at radius 1 is 0.719 bits per heavy atom. The number of nitro groups is 2. The minimum absolute atomic E-state index is 0.132. The molecule has 2 N–H and O–H groups in total. The van der Waals surface area contributed by atoms with Crippen LogP contribution in [0.15, 0.2) is 54.6 Å². The van der Waals surface area contributed by atoms with E-state index in [2.05, 4.69) is 0 Å². The Morgan fingerprint density at radius 2 is 1.19 bits per heavy atom.